The number of hydrogen-bond donors (Lipinski definition) is 2. The van der Waals surface area contributed by atoms with Crippen molar-refractivity contribution in [2.75, 3.05) is 0 Å². The van der Waals surface area contributed by atoms with Crippen molar-refractivity contribution in [2.45, 2.75) is 32.9 Å². The minimum Gasteiger partial charge on any atom is -0.350 e. The van der Waals surface area contributed by atoms with Gasteiger partial charge in [-0.25, -0.2) is 9.67 Å². The largest absolute Gasteiger partial charge is 0.350 e. The number of hydrogen-bond acceptors (Lipinski definition) is 5. The van der Waals surface area contributed by atoms with Gasteiger partial charge in [-0.05, 0) is 30.8 Å². The van der Waals surface area contributed by atoms with Gasteiger partial charge in [0.05, 0.1) is 0 Å². The Morgan fingerprint density at radius 3 is 3.00 bits per heavy atom. The van der Waals surface area contributed by atoms with E-state index < -0.39 is 0 Å². The highest BCUT2D eigenvalue weighted by Gasteiger charge is 2.11. The average Bonchev–Trinajstić information content (AvgIpc) is 3.26. The van der Waals surface area contributed by atoms with Crippen molar-refractivity contribution in [2.24, 2.45) is 0 Å². The summed E-state index contributed by atoms with van der Waals surface area (Å²) in [5.74, 6) is 1.35. The third-order valence-electron chi connectivity index (χ3n) is 3.68. The minimum atomic E-state index is -0.134. The zero-order valence-electron chi connectivity index (χ0n) is 13.8. The molecule has 0 aliphatic heterocycles. The summed E-state index contributed by atoms with van der Waals surface area (Å²) in [4.78, 5) is 16.7. The zero-order chi connectivity index (χ0) is 17.6. The molecule has 0 atom stereocenters. The first-order chi connectivity index (χ1) is 12.2. The lowest BCUT2D eigenvalue weighted by Crippen LogP contribution is -2.28. The predicted molar refractivity (Wildman–Crippen MR) is 94.6 cm³/mol. The molecule has 0 fully saturated rings. The Kier molecular flexibility index (Phi) is 5.34. The van der Waals surface area contributed by atoms with Crippen LogP contribution in [-0.4, -0.2) is 35.4 Å². The van der Waals surface area contributed by atoms with Crippen LogP contribution in [0.5, 0.6) is 0 Å². The van der Waals surface area contributed by atoms with Gasteiger partial charge in [-0.15, -0.1) is 0 Å². The third-order valence-corrected chi connectivity index (χ3v) is 3.99. The second kappa shape index (κ2) is 7.84. The molecule has 25 heavy (non-hydrogen) atoms. The number of amides is 1. The standard InChI is InChI=1S/C16H19N7OS/c1-2-5-13-20-21-16(25)22(13)11-14(24)18-10-12-6-3-7-17-15(12)23-9-4-8-19-23/h3-4,6-9H,2,5,10-11H2,1H3,(H,18,24)(H,21,25). The van der Waals surface area contributed by atoms with Gasteiger partial charge in [0.25, 0.3) is 0 Å². The van der Waals surface area contributed by atoms with Crippen molar-refractivity contribution in [1.82, 2.24) is 34.8 Å². The average molecular weight is 357 g/mol. The van der Waals surface area contributed by atoms with Gasteiger partial charge in [-0.3, -0.25) is 14.5 Å². The van der Waals surface area contributed by atoms with E-state index in [1.807, 2.05) is 24.4 Å². The van der Waals surface area contributed by atoms with Gasteiger partial charge in [0.1, 0.15) is 12.4 Å². The molecule has 0 bridgehead atoms. The maximum atomic E-state index is 12.3. The Morgan fingerprint density at radius 2 is 2.24 bits per heavy atom. The first-order valence-electron chi connectivity index (χ1n) is 8.03. The smallest absolute Gasteiger partial charge is 0.240 e. The lowest BCUT2D eigenvalue weighted by Gasteiger charge is -2.10. The number of carbonyl (C=O) groups is 1. The maximum absolute atomic E-state index is 12.3. The van der Waals surface area contributed by atoms with E-state index in [0.29, 0.717) is 17.1 Å². The van der Waals surface area contributed by atoms with E-state index in [2.05, 4.69) is 32.5 Å². The summed E-state index contributed by atoms with van der Waals surface area (Å²) in [6, 6.07) is 5.57. The van der Waals surface area contributed by atoms with Gasteiger partial charge >= 0.3 is 0 Å². The predicted octanol–water partition coefficient (Wildman–Crippen LogP) is 1.79. The SMILES string of the molecule is CCCc1n[nH]c(=S)n1CC(=O)NCc1cccnc1-n1cccn1. The van der Waals surface area contributed by atoms with Crippen LogP contribution < -0.4 is 5.32 Å². The fourth-order valence-electron chi connectivity index (χ4n) is 2.49. The molecule has 0 unspecified atom stereocenters. The Balaban J connectivity index is 1.68. The number of carbonyl (C=O) groups excluding carboxylic acids is 1. The van der Waals surface area contributed by atoms with Crippen molar-refractivity contribution in [1.29, 1.82) is 0 Å². The lowest BCUT2D eigenvalue weighted by molar-refractivity contribution is -0.121. The van der Waals surface area contributed by atoms with Crippen molar-refractivity contribution in [3.05, 3.63) is 52.9 Å². The molecule has 3 aromatic heterocycles. The highest BCUT2D eigenvalue weighted by Crippen LogP contribution is 2.10. The van der Waals surface area contributed by atoms with Crippen molar-refractivity contribution in [3.8, 4) is 5.82 Å². The zero-order valence-corrected chi connectivity index (χ0v) is 14.7. The molecule has 0 aliphatic rings. The van der Waals surface area contributed by atoms with Crippen molar-refractivity contribution >= 4 is 18.1 Å². The summed E-state index contributed by atoms with van der Waals surface area (Å²) in [5, 5.41) is 14.0. The molecule has 1 amide bonds. The van der Waals surface area contributed by atoms with Crippen LogP contribution in [0.2, 0.25) is 0 Å². The maximum Gasteiger partial charge on any atom is 0.240 e. The Morgan fingerprint density at radius 1 is 1.36 bits per heavy atom. The summed E-state index contributed by atoms with van der Waals surface area (Å²) in [6.07, 6.45) is 6.91. The lowest BCUT2D eigenvalue weighted by atomic mass is 10.2. The van der Waals surface area contributed by atoms with E-state index >= 15 is 0 Å². The molecule has 3 aromatic rings. The van der Waals surface area contributed by atoms with Crippen molar-refractivity contribution in [3.63, 3.8) is 0 Å². The van der Waals surface area contributed by atoms with Gasteiger partial charge in [-0.2, -0.15) is 10.2 Å². The van der Waals surface area contributed by atoms with Gasteiger partial charge in [0, 0.05) is 37.1 Å². The number of aromatic nitrogens is 6. The molecule has 3 rings (SSSR count). The molecule has 0 saturated carbocycles. The molecular formula is C16H19N7OS. The summed E-state index contributed by atoms with van der Waals surface area (Å²) in [7, 11) is 0. The summed E-state index contributed by atoms with van der Waals surface area (Å²) in [5.41, 5.74) is 0.879. The van der Waals surface area contributed by atoms with Crippen LogP contribution in [0.3, 0.4) is 0 Å². The normalized spacial score (nSPS) is 10.8. The molecule has 0 aromatic carbocycles. The van der Waals surface area contributed by atoms with Gasteiger partial charge in [0.15, 0.2) is 10.6 Å². The van der Waals surface area contributed by atoms with Gasteiger partial charge in [0.2, 0.25) is 5.91 Å². The monoisotopic (exact) mass is 357 g/mol. The van der Waals surface area contributed by atoms with E-state index in [1.54, 1.807) is 21.6 Å². The molecular weight excluding hydrogens is 338 g/mol. The van der Waals surface area contributed by atoms with Crippen molar-refractivity contribution < 1.29 is 4.79 Å². The van der Waals surface area contributed by atoms with Crippen LogP contribution in [0.15, 0.2) is 36.8 Å². The molecule has 0 saturated heterocycles. The fourth-order valence-corrected chi connectivity index (χ4v) is 2.71. The number of rotatable bonds is 7. The number of H-pyrrole nitrogens is 1. The molecule has 0 spiro atoms. The van der Waals surface area contributed by atoms with Crippen LogP contribution in [0.4, 0.5) is 0 Å². The van der Waals surface area contributed by atoms with Crippen LogP contribution in [0, 0.1) is 4.77 Å². The van der Waals surface area contributed by atoms with E-state index in [1.165, 1.54) is 0 Å². The first kappa shape index (κ1) is 17.0. The second-order valence-electron chi connectivity index (χ2n) is 5.49. The van der Waals surface area contributed by atoms with Gasteiger partial charge in [-0.1, -0.05) is 13.0 Å². The molecule has 8 nitrogen and oxygen atoms in total. The number of pyridine rings is 1. The molecule has 0 aliphatic carbocycles. The van der Waals surface area contributed by atoms with Gasteiger partial charge < -0.3 is 5.32 Å². The summed E-state index contributed by atoms with van der Waals surface area (Å²) < 4.78 is 3.86. The van der Waals surface area contributed by atoms with Crippen LogP contribution in [0.1, 0.15) is 24.7 Å². The Labute approximate surface area is 149 Å². The quantitative estimate of drug-likeness (QED) is 0.629. The molecule has 9 heteroatoms. The number of aromatic amines is 1. The summed E-state index contributed by atoms with van der Waals surface area (Å²) >= 11 is 5.20. The van der Waals surface area contributed by atoms with Crippen LogP contribution in [0.25, 0.3) is 5.82 Å². The molecule has 130 valence electrons. The van der Waals surface area contributed by atoms with Crippen LogP contribution >= 0.6 is 12.2 Å². The van der Waals surface area contributed by atoms with E-state index in [4.69, 9.17) is 12.2 Å². The van der Waals surface area contributed by atoms with E-state index in [0.717, 1.165) is 24.2 Å². The Bertz CT molecular complexity index is 897. The number of aryl methyl sites for hydroxylation is 1. The fraction of sp³-hybridized carbons (Fsp3) is 0.312. The van der Waals surface area contributed by atoms with Crippen LogP contribution in [-0.2, 0) is 24.3 Å². The first-order valence-corrected chi connectivity index (χ1v) is 8.44. The second-order valence-corrected chi connectivity index (χ2v) is 5.88. The van der Waals surface area contributed by atoms with E-state index in [9.17, 15) is 4.79 Å². The topological polar surface area (TPSA) is 93.4 Å². The highest BCUT2D eigenvalue weighted by molar-refractivity contribution is 7.71. The number of nitrogens with zero attached hydrogens (tertiary/aromatic N) is 5. The van der Waals surface area contributed by atoms with E-state index in [-0.39, 0.29) is 12.5 Å². The third kappa shape index (κ3) is 4.00. The summed E-state index contributed by atoms with van der Waals surface area (Å²) in [6.45, 7) is 2.56. The highest BCUT2D eigenvalue weighted by atomic mass is 32.1. The molecule has 3 heterocycles. The number of nitrogens with one attached hydrogen (secondary N) is 2. The molecule has 2 N–H and O–H groups in total. The Hall–Kier alpha value is -2.81. The minimum absolute atomic E-state index is 0.134. The molecule has 0 radical (unpaired) electrons.